The third kappa shape index (κ3) is 3.10. The quantitative estimate of drug-likeness (QED) is 0.872. The number of piperidine rings is 1. The van der Waals surface area contributed by atoms with Crippen LogP contribution in [0.5, 0.6) is 0 Å². The average molecular weight is 276 g/mol. The summed E-state index contributed by atoms with van der Waals surface area (Å²) in [6.07, 6.45) is 5.22. The lowest BCUT2D eigenvalue weighted by molar-refractivity contribution is 0.0958. The topological polar surface area (TPSA) is 71.2 Å². The first-order chi connectivity index (χ1) is 9.69. The summed E-state index contributed by atoms with van der Waals surface area (Å²) >= 11 is 0. The monoisotopic (exact) mass is 276 g/mol. The first-order valence-corrected chi connectivity index (χ1v) is 7.34. The predicted molar refractivity (Wildman–Crippen MR) is 80.8 cm³/mol. The molecule has 0 saturated carbocycles. The number of aromatic nitrogens is 1. The van der Waals surface area contributed by atoms with Gasteiger partial charge in [0, 0.05) is 38.1 Å². The molecule has 1 saturated heterocycles. The number of carbonyl (C=O) groups is 1. The van der Waals surface area contributed by atoms with Crippen LogP contribution < -0.4 is 16.0 Å². The highest BCUT2D eigenvalue weighted by molar-refractivity contribution is 5.92. The minimum Gasteiger partial charge on any atom is -0.367 e. The maximum absolute atomic E-state index is 11.7. The van der Waals surface area contributed by atoms with Crippen LogP contribution in [0.4, 0.5) is 5.69 Å². The molecule has 0 bridgehead atoms. The molecule has 20 heavy (non-hydrogen) atoms. The van der Waals surface area contributed by atoms with Gasteiger partial charge in [-0.05, 0) is 30.9 Å². The highest BCUT2D eigenvalue weighted by Crippen LogP contribution is 2.29. The van der Waals surface area contributed by atoms with Gasteiger partial charge >= 0.3 is 0 Å². The Morgan fingerprint density at radius 3 is 3.05 bits per heavy atom. The molecular formula is C15H24N4O. The Morgan fingerprint density at radius 2 is 2.40 bits per heavy atom. The molecule has 1 aromatic rings. The van der Waals surface area contributed by atoms with Gasteiger partial charge in [0.25, 0.3) is 5.91 Å². The Hall–Kier alpha value is -1.62. The largest absolute Gasteiger partial charge is 0.367 e. The number of nitrogens with two attached hydrogens (primary N) is 1. The molecule has 2 unspecified atom stereocenters. The smallest absolute Gasteiger partial charge is 0.269 e. The van der Waals surface area contributed by atoms with Crippen LogP contribution in [-0.2, 0) is 0 Å². The summed E-state index contributed by atoms with van der Waals surface area (Å²) < 4.78 is 0. The number of carbonyl (C=O) groups excluding carboxylic acids is 1. The molecule has 2 heterocycles. The van der Waals surface area contributed by atoms with E-state index in [2.05, 4.69) is 22.1 Å². The van der Waals surface area contributed by atoms with Crippen LogP contribution in [0, 0.1) is 5.92 Å². The van der Waals surface area contributed by atoms with Crippen molar-refractivity contribution in [3.05, 3.63) is 24.0 Å². The fraction of sp³-hybridized carbons (Fsp3) is 0.600. The number of anilines is 1. The van der Waals surface area contributed by atoms with Gasteiger partial charge in [-0.3, -0.25) is 9.78 Å². The Bertz CT molecular complexity index is 463. The number of pyridine rings is 1. The molecule has 1 aliphatic rings. The Kier molecular flexibility index (Phi) is 4.95. The van der Waals surface area contributed by atoms with Crippen LogP contribution in [0.1, 0.15) is 36.7 Å². The fourth-order valence-corrected chi connectivity index (χ4v) is 2.92. The second-order valence-electron chi connectivity index (χ2n) is 5.36. The normalized spacial score (nSPS) is 22.6. The minimum absolute atomic E-state index is 0.153. The van der Waals surface area contributed by atoms with Crippen molar-refractivity contribution < 1.29 is 4.79 Å². The Labute approximate surface area is 120 Å². The molecular weight excluding hydrogens is 252 g/mol. The molecule has 5 nitrogen and oxygen atoms in total. The second-order valence-corrected chi connectivity index (χ2v) is 5.36. The van der Waals surface area contributed by atoms with Gasteiger partial charge in [0.15, 0.2) is 0 Å². The van der Waals surface area contributed by atoms with Gasteiger partial charge in [-0.15, -0.1) is 0 Å². The lowest BCUT2D eigenvalue weighted by Gasteiger charge is -2.40. The van der Waals surface area contributed by atoms with E-state index in [1.54, 1.807) is 13.2 Å². The van der Waals surface area contributed by atoms with E-state index in [4.69, 9.17) is 5.73 Å². The highest BCUT2D eigenvalue weighted by atomic mass is 16.1. The number of hydrogen-bond acceptors (Lipinski definition) is 4. The summed E-state index contributed by atoms with van der Waals surface area (Å²) in [4.78, 5) is 18.1. The number of nitrogens with one attached hydrogen (secondary N) is 1. The van der Waals surface area contributed by atoms with E-state index in [1.165, 1.54) is 12.8 Å². The summed E-state index contributed by atoms with van der Waals surface area (Å²) in [6.45, 7) is 3.88. The zero-order valence-electron chi connectivity index (χ0n) is 12.3. The maximum atomic E-state index is 11.7. The molecule has 1 fully saturated rings. The van der Waals surface area contributed by atoms with Crippen LogP contribution >= 0.6 is 0 Å². The molecule has 0 aromatic carbocycles. The van der Waals surface area contributed by atoms with Gasteiger partial charge in [-0.1, -0.05) is 13.3 Å². The SMILES string of the molecule is CCC1CCN(c2ccnc(C(=O)NC)c2)C(CN)C1. The molecule has 110 valence electrons. The van der Waals surface area contributed by atoms with Crippen LogP contribution in [-0.4, -0.2) is 37.1 Å². The third-order valence-corrected chi connectivity index (χ3v) is 4.21. The zero-order valence-corrected chi connectivity index (χ0v) is 12.3. The van der Waals surface area contributed by atoms with Crippen LogP contribution in [0.3, 0.4) is 0 Å². The molecule has 1 amide bonds. The average Bonchev–Trinajstić information content (AvgIpc) is 2.53. The van der Waals surface area contributed by atoms with E-state index < -0.39 is 0 Å². The number of hydrogen-bond donors (Lipinski definition) is 2. The van der Waals surface area contributed by atoms with Crippen molar-refractivity contribution in [2.24, 2.45) is 11.7 Å². The standard InChI is InChI=1S/C15H24N4O/c1-3-11-5-7-19(13(8-11)10-16)12-4-6-18-14(9-12)15(20)17-2/h4,6,9,11,13H,3,5,7-8,10,16H2,1-2H3,(H,17,20). The molecule has 1 aromatic heterocycles. The van der Waals surface area contributed by atoms with Gasteiger partial charge in [0.05, 0.1) is 0 Å². The molecule has 0 radical (unpaired) electrons. The van der Waals surface area contributed by atoms with E-state index in [9.17, 15) is 4.79 Å². The molecule has 3 N–H and O–H groups in total. The molecule has 2 atom stereocenters. The van der Waals surface area contributed by atoms with Gasteiger partial charge in [-0.2, -0.15) is 0 Å². The van der Waals surface area contributed by atoms with E-state index in [0.29, 0.717) is 18.3 Å². The van der Waals surface area contributed by atoms with Crippen molar-refractivity contribution >= 4 is 11.6 Å². The van der Waals surface area contributed by atoms with Gasteiger partial charge < -0.3 is 16.0 Å². The lowest BCUT2D eigenvalue weighted by atomic mass is 9.88. The Balaban J connectivity index is 2.19. The molecule has 1 aliphatic heterocycles. The Morgan fingerprint density at radius 1 is 1.60 bits per heavy atom. The minimum atomic E-state index is -0.153. The fourth-order valence-electron chi connectivity index (χ4n) is 2.92. The van der Waals surface area contributed by atoms with E-state index in [1.807, 2.05) is 12.1 Å². The van der Waals surface area contributed by atoms with E-state index in [0.717, 1.165) is 24.6 Å². The molecule has 5 heteroatoms. The summed E-state index contributed by atoms with van der Waals surface area (Å²) in [5, 5.41) is 2.61. The summed E-state index contributed by atoms with van der Waals surface area (Å²) in [5.41, 5.74) is 7.44. The highest BCUT2D eigenvalue weighted by Gasteiger charge is 2.27. The van der Waals surface area contributed by atoms with E-state index in [-0.39, 0.29) is 5.91 Å². The molecule has 2 rings (SSSR count). The van der Waals surface area contributed by atoms with Crippen LogP contribution in [0.25, 0.3) is 0 Å². The van der Waals surface area contributed by atoms with Crippen molar-refractivity contribution in [1.82, 2.24) is 10.3 Å². The maximum Gasteiger partial charge on any atom is 0.269 e. The lowest BCUT2D eigenvalue weighted by Crippen LogP contribution is -2.46. The van der Waals surface area contributed by atoms with Crippen molar-refractivity contribution in [3.8, 4) is 0 Å². The number of rotatable bonds is 4. The van der Waals surface area contributed by atoms with Crippen LogP contribution in [0.15, 0.2) is 18.3 Å². The number of amides is 1. The zero-order chi connectivity index (χ0) is 14.5. The van der Waals surface area contributed by atoms with Crippen molar-refractivity contribution in [2.45, 2.75) is 32.2 Å². The van der Waals surface area contributed by atoms with E-state index >= 15 is 0 Å². The summed E-state index contributed by atoms with van der Waals surface area (Å²) in [6, 6.07) is 4.17. The third-order valence-electron chi connectivity index (χ3n) is 4.21. The summed E-state index contributed by atoms with van der Waals surface area (Å²) in [5.74, 6) is 0.611. The second kappa shape index (κ2) is 6.70. The molecule has 0 spiro atoms. The van der Waals surface area contributed by atoms with Crippen LogP contribution in [0.2, 0.25) is 0 Å². The van der Waals surface area contributed by atoms with Gasteiger partial charge in [-0.25, -0.2) is 0 Å². The number of nitrogens with zero attached hydrogens (tertiary/aromatic N) is 2. The van der Waals surface area contributed by atoms with Gasteiger partial charge in [0.2, 0.25) is 0 Å². The van der Waals surface area contributed by atoms with Crippen molar-refractivity contribution in [1.29, 1.82) is 0 Å². The predicted octanol–water partition coefficient (Wildman–Crippen LogP) is 1.39. The first kappa shape index (κ1) is 14.8. The van der Waals surface area contributed by atoms with Crippen molar-refractivity contribution in [2.75, 3.05) is 25.0 Å². The molecule has 0 aliphatic carbocycles. The summed E-state index contributed by atoms with van der Waals surface area (Å²) in [7, 11) is 1.62. The van der Waals surface area contributed by atoms with Gasteiger partial charge in [0.1, 0.15) is 5.69 Å². The van der Waals surface area contributed by atoms with Crippen molar-refractivity contribution in [3.63, 3.8) is 0 Å². The first-order valence-electron chi connectivity index (χ1n) is 7.34.